The van der Waals surface area contributed by atoms with Gasteiger partial charge in [-0.1, -0.05) is 24.3 Å². The first-order valence-corrected chi connectivity index (χ1v) is 7.31. The van der Waals surface area contributed by atoms with E-state index in [1.165, 1.54) is 17.2 Å². The Labute approximate surface area is 129 Å². The summed E-state index contributed by atoms with van der Waals surface area (Å²) in [5, 5.41) is 2.93. The van der Waals surface area contributed by atoms with E-state index < -0.39 is 0 Å². The zero-order valence-corrected chi connectivity index (χ0v) is 12.5. The van der Waals surface area contributed by atoms with Gasteiger partial charge in [0.05, 0.1) is 18.1 Å². The van der Waals surface area contributed by atoms with Crippen molar-refractivity contribution in [2.24, 2.45) is 0 Å². The zero-order valence-electron chi connectivity index (χ0n) is 12.5. The van der Waals surface area contributed by atoms with Crippen molar-refractivity contribution in [3.63, 3.8) is 0 Å². The maximum absolute atomic E-state index is 11.9. The molecule has 1 heterocycles. The minimum absolute atomic E-state index is 0.131. The van der Waals surface area contributed by atoms with E-state index in [0.717, 1.165) is 18.4 Å². The van der Waals surface area contributed by atoms with Crippen molar-refractivity contribution < 1.29 is 13.9 Å². The molecule has 0 spiro atoms. The van der Waals surface area contributed by atoms with Gasteiger partial charge >= 0.3 is 0 Å². The van der Waals surface area contributed by atoms with Gasteiger partial charge in [-0.3, -0.25) is 4.79 Å². The van der Waals surface area contributed by atoms with Crippen LogP contribution >= 0.6 is 0 Å². The van der Waals surface area contributed by atoms with E-state index >= 15 is 0 Å². The third-order valence-corrected chi connectivity index (χ3v) is 4.13. The molecule has 0 fully saturated rings. The third-order valence-electron chi connectivity index (χ3n) is 4.13. The summed E-state index contributed by atoms with van der Waals surface area (Å²) in [4.78, 5) is 11.9. The highest BCUT2D eigenvalue weighted by Crippen LogP contribution is 2.32. The molecule has 2 aromatic rings. The number of methoxy groups -OCH3 is 1. The van der Waals surface area contributed by atoms with Crippen LogP contribution in [0.4, 0.5) is 0 Å². The molecular formula is C18H19NO3. The van der Waals surface area contributed by atoms with Crippen LogP contribution in [0.15, 0.2) is 53.4 Å². The molecular weight excluding hydrogens is 278 g/mol. The summed E-state index contributed by atoms with van der Waals surface area (Å²) in [7, 11) is 1.71. The maximum Gasteiger partial charge on any atom is 0.244 e. The van der Waals surface area contributed by atoms with Gasteiger partial charge in [0.2, 0.25) is 5.91 Å². The van der Waals surface area contributed by atoms with Crippen LogP contribution in [0.2, 0.25) is 0 Å². The molecule has 0 saturated heterocycles. The molecule has 1 aliphatic rings. The van der Waals surface area contributed by atoms with E-state index in [1.54, 1.807) is 31.8 Å². The van der Waals surface area contributed by atoms with Crippen molar-refractivity contribution in [1.82, 2.24) is 5.32 Å². The number of hydrogen-bond acceptors (Lipinski definition) is 3. The number of hydrogen-bond donors (Lipinski definition) is 1. The molecule has 0 radical (unpaired) electrons. The summed E-state index contributed by atoms with van der Waals surface area (Å²) in [6, 6.07) is 10.1. The summed E-state index contributed by atoms with van der Waals surface area (Å²) in [5.41, 5.74) is 3.12. The van der Waals surface area contributed by atoms with Crippen molar-refractivity contribution in [2.75, 3.05) is 13.7 Å². The second-order valence-corrected chi connectivity index (χ2v) is 5.62. The fourth-order valence-electron chi connectivity index (χ4n) is 2.85. The van der Waals surface area contributed by atoms with E-state index in [-0.39, 0.29) is 11.5 Å². The van der Waals surface area contributed by atoms with Gasteiger partial charge in [-0.2, -0.15) is 0 Å². The zero-order chi connectivity index (χ0) is 15.4. The minimum atomic E-state index is -0.344. The molecule has 1 N–H and O–H groups in total. The first kappa shape index (κ1) is 14.6. The third kappa shape index (κ3) is 3.12. The summed E-state index contributed by atoms with van der Waals surface area (Å²) >= 11 is 0. The summed E-state index contributed by atoms with van der Waals surface area (Å²) in [6.07, 6.45) is 8.05. The molecule has 4 heteroatoms. The van der Waals surface area contributed by atoms with Crippen LogP contribution < -0.4 is 5.32 Å². The van der Waals surface area contributed by atoms with Crippen molar-refractivity contribution in [3.05, 3.63) is 65.6 Å². The molecule has 4 nitrogen and oxygen atoms in total. The van der Waals surface area contributed by atoms with Crippen LogP contribution in [0.3, 0.4) is 0 Å². The minimum Gasteiger partial charge on any atom is -0.472 e. The van der Waals surface area contributed by atoms with E-state index in [2.05, 4.69) is 17.4 Å². The average molecular weight is 297 g/mol. The molecule has 1 aromatic carbocycles. The highest BCUT2D eigenvalue weighted by Gasteiger charge is 2.37. The van der Waals surface area contributed by atoms with Gasteiger partial charge in [0.1, 0.15) is 0 Å². The number of rotatable bonds is 5. The lowest BCUT2D eigenvalue weighted by Crippen LogP contribution is -2.44. The molecule has 3 rings (SSSR count). The summed E-state index contributed by atoms with van der Waals surface area (Å²) < 4.78 is 10.7. The summed E-state index contributed by atoms with van der Waals surface area (Å²) in [6.45, 7) is 0.493. The van der Waals surface area contributed by atoms with Crippen LogP contribution in [0, 0.1) is 0 Å². The highest BCUT2D eigenvalue weighted by atomic mass is 16.5. The van der Waals surface area contributed by atoms with Gasteiger partial charge in [0.15, 0.2) is 0 Å². The van der Waals surface area contributed by atoms with Gasteiger partial charge in [-0.25, -0.2) is 0 Å². The Hall–Kier alpha value is -2.33. The van der Waals surface area contributed by atoms with Crippen molar-refractivity contribution >= 4 is 12.0 Å². The van der Waals surface area contributed by atoms with Gasteiger partial charge in [0, 0.05) is 38.1 Å². The number of nitrogens with one attached hydrogen (secondary N) is 1. The quantitative estimate of drug-likeness (QED) is 0.863. The predicted molar refractivity (Wildman–Crippen MR) is 84.3 cm³/mol. The predicted octanol–water partition coefficient (Wildman–Crippen LogP) is 2.59. The smallest absolute Gasteiger partial charge is 0.244 e. The first-order valence-electron chi connectivity index (χ1n) is 7.31. The largest absolute Gasteiger partial charge is 0.472 e. The molecule has 1 aromatic heterocycles. The van der Waals surface area contributed by atoms with Crippen molar-refractivity contribution in [2.45, 2.75) is 18.4 Å². The fourth-order valence-corrected chi connectivity index (χ4v) is 2.85. The maximum atomic E-state index is 11.9. The van der Waals surface area contributed by atoms with Gasteiger partial charge in [-0.15, -0.1) is 0 Å². The molecule has 0 atom stereocenters. The lowest BCUT2D eigenvalue weighted by atomic mass is 10.00. The Bertz CT molecular complexity index is 648. The fraction of sp³-hybridized carbons (Fsp3) is 0.278. The van der Waals surface area contributed by atoms with Crippen LogP contribution in [0.5, 0.6) is 0 Å². The summed E-state index contributed by atoms with van der Waals surface area (Å²) in [5.74, 6) is -0.131. The van der Waals surface area contributed by atoms with Crippen molar-refractivity contribution in [1.29, 1.82) is 0 Å². The standard InChI is InChI=1S/C18H19NO3/c1-21-18(10-15-4-2-3-5-16(15)11-18)13-19-17(20)7-6-14-8-9-22-12-14/h2-9,12H,10-11,13H2,1H3,(H,19,20)/b7-6+. The number of ether oxygens (including phenoxy) is 1. The molecule has 0 unspecified atom stereocenters. The van der Waals surface area contributed by atoms with Gasteiger partial charge < -0.3 is 14.5 Å². The van der Waals surface area contributed by atoms with E-state index in [0.29, 0.717) is 6.54 Å². The Morgan fingerprint density at radius 2 is 2.05 bits per heavy atom. The van der Waals surface area contributed by atoms with Crippen LogP contribution in [-0.2, 0) is 22.4 Å². The number of carbonyl (C=O) groups is 1. The molecule has 114 valence electrons. The monoisotopic (exact) mass is 297 g/mol. The average Bonchev–Trinajstić information content (AvgIpc) is 3.18. The normalized spacial score (nSPS) is 15.9. The second kappa shape index (κ2) is 6.20. The van der Waals surface area contributed by atoms with Crippen LogP contribution in [-0.4, -0.2) is 25.2 Å². The number of benzene rings is 1. The van der Waals surface area contributed by atoms with E-state index in [1.807, 2.05) is 12.1 Å². The Kier molecular flexibility index (Phi) is 4.11. The lowest BCUT2D eigenvalue weighted by molar-refractivity contribution is -0.118. The van der Waals surface area contributed by atoms with Crippen LogP contribution in [0.25, 0.3) is 6.08 Å². The topological polar surface area (TPSA) is 51.5 Å². The van der Waals surface area contributed by atoms with E-state index in [9.17, 15) is 4.79 Å². The number of furan rings is 1. The molecule has 22 heavy (non-hydrogen) atoms. The number of carbonyl (C=O) groups excluding carboxylic acids is 1. The molecule has 0 aliphatic heterocycles. The molecule has 0 saturated carbocycles. The van der Waals surface area contributed by atoms with E-state index in [4.69, 9.17) is 9.15 Å². The lowest BCUT2D eigenvalue weighted by Gasteiger charge is -2.27. The highest BCUT2D eigenvalue weighted by molar-refractivity contribution is 5.91. The Morgan fingerprint density at radius 1 is 1.32 bits per heavy atom. The second-order valence-electron chi connectivity index (χ2n) is 5.62. The molecule has 1 amide bonds. The van der Waals surface area contributed by atoms with Crippen LogP contribution in [0.1, 0.15) is 16.7 Å². The molecule has 1 aliphatic carbocycles. The van der Waals surface area contributed by atoms with Crippen molar-refractivity contribution in [3.8, 4) is 0 Å². The molecule has 0 bridgehead atoms. The Balaban J connectivity index is 1.59. The number of fused-ring (bicyclic) bond motifs is 1. The SMILES string of the molecule is COC1(CNC(=O)/C=C/c2ccoc2)Cc2ccccc2C1. The number of amides is 1. The van der Waals surface area contributed by atoms with Gasteiger partial charge in [0.25, 0.3) is 0 Å². The van der Waals surface area contributed by atoms with Gasteiger partial charge in [-0.05, 0) is 23.3 Å². The first-order chi connectivity index (χ1) is 10.7. The Morgan fingerprint density at radius 3 is 2.64 bits per heavy atom.